The first kappa shape index (κ1) is 16.3. The van der Waals surface area contributed by atoms with Gasteiger partial charge in [0.25, 0.3) is 0 Å². The summed E-state index contributed by atoms with van der Waals surface area (Å²) in [5, 5.41) is 0.483. The van der Waals surface area contributed by atoms with Crippen LogP contribution in [0.2, 0.25) is 0 Å². The average Bonchev–Trinajstić information content (AvgIpc) is 3.32. The molecular formula is C19H21N3O2S. The van der Waals surface area contributed by atoms with Gasteiger partial charge in [-0.05, 0) is 55.9 Å². The molecule has 1 aromatic carbocycles. The van der Waals surface area contributed by atoms with Crippen LogP contribution in [0.25, 0.3) is 11.0 Å². The quantitative estimate of drug-likeness (QED) is 0.732. The van der Waals surface area contributed by atoms with E-state index in [1.807, 2.05) is 38.2 Å². The van der Waals surface area contributed by atoms with Crippen LogP contribution in [0.3, 0.4) is 0 Å². The molecular weight excluding hydrogens is 334 g/mol. The Morgan fingerprint density at radius 3 is 2.88 bits per heavy atom. The van der Waals surface area contributed by atoms with Gasteiger partial charge in [-0.2, -0.15) is 0 Å². The smallest absolute Gasteiger partial charge is 0.197 e. The van der Waals surface area contributed by atoms with Crippen molar-refractivity contribution in [3.63, 3.8) is 0 Å². The SMILES string of the molecule is Cc1cnc(CS(=O)c2nc3ccc(OCC4CC4)cc3[nH]2)c(C)c1. The number of pyridine rings is 1. The van der Waals surface area contributed by atoms with Gasteiger partial charge in [0.2, 0.25) is 0 Å². The predicted molar refractivity (Wildman–Crippen MR) is 98.1 cm³/mol. The molecule has 3 aromatic rings. The van der Waals surface area contributed by atoms with Gasteiger partial charge in [-0.15, -0.1) is 0 Å². The van der Waals surface area contributed by atoms with E-state index < -0.39 is 10.8 Å². The van der Waals surface area contributed by atoms with Crippen molar-refractivity contribution in [2.75, 3.05) is 6.61 Å². The van der Waals surface area contributed by atoms with E-state index in [0.717, 1.165) is 40.2 Å². The second kappa shape index (κ2) is 6.59. The fraction of sp³-hybridized carbons (Fsp3) is 0.368. The number of hydrogen-bond donors (Lipinski definition) is 1. The molecule has 25 heavy (non-hydrogen) atoms. The lowest BCUT2D eigenvalue weighted by Crippen LogP contribution is -2.03. The van der Waals surface area contributed by atoms with Gasteiger partial charge in [0.1, 0.15) is 5.75 Å². The van der Waals surface area contributed by atoms with Crippen LogP contribution in [0.15, 0.2) is 35.6 Å². The number of aromatic nitrogens is 3. The highest BCUT2D eigenvalue weighted by Crippen LogP contribution is 2.30. The summed E-state index contributed by atoms with van der Waals surface area (Å²) in [5.41, 5.74) is 4.66. The van der Waals surface area contributed by atoms with E-state index in [4.69, 9.17) is 4.74 Å². The Kier molecular flexibility index (Phi) is 4.29. The van der Waals surface area contributed by atoms with Crippen molar-refractivity contribution >= 4 is 21.8 Å². The van der Waals surface area contributed by atoms with E-state index in [9.17, 15) is 4.21 Å². The van der Waals surface area contributed by atoms with E-state index in [2.05, 4.69) is 21.0 Å². The molecule has 5 nitrogen and oxygen atoms in total. The predicted octanol–water partition coefficient (Wildman–Crippen LogP) is 3.67. The van der Waals surface area contributed by atoms with Crippen molar-refractivity contribution in [2.45, 2.75) is 37.6 Å². The molecule has 0 saturated heterocycles. The van der Waals surface area contributed by atoms with Gasteiger partial charge in [0, 0.05) is 12.3 Å². The molecule has 6 heteroatoms. The Bertz CT molecular complexity index is 947. The summed E-state index contributed by atoms with van der Waals surface area (Å²) < 4.78 is 18.5. The molecule has 0 bridgehead atoms. The standard InChI is InChI=1S/C19H21N3O2S/c1-12-7-13(2)18(20-9-12)11-25(23)19-21-16-6-5-15(8-17(16)22-19)24-10-14-3-4-14/h5-9,14H,3-4,10-11H2,1-2H3,(H,21,22). The fourth-order valence-corrected chi connectivity index (χ4v) is 3.86. The second-order valence-corrected chi connectivity index (χ2v) is 8.11. The van der Waals surface area contributed by atoms with Crippen molar-refractivity contribution in [1.82, 2.24) is 15.0 Å². The molecule has 1 fully saturated rings. The molecule has 0 spiro atoms. The molecule has 1 unspecified atom stereocenters. The third-order valence-corrected chi connectivity index (χ3v) is 5.58. The highest BCUT2D eigenvalue weighted by molar-refractivity contribution is 7.84. The summed E-state index contributed by atoms with van der Waals surface area (Å²) in [6.07, 6.45) is 4.34. The van der Waals surface area contributed by atoms with Crippen LogP contribution in [-0.2, 0) is 16.6 Å². The third kappa shape index (κ3) is 3.74. The molecule has 1 aliphatic carbocycles. The molecule has 2 aromatic heterocycles. The minimum absolute atomic E-state index is 0.358. The summed E-state index contributed by atoms with van der Waals surface area (Å²) in [6.45, 7) is 4.77. The van der Waals surface area contributed by atoms with E-state index in [0.29, 0.717) is 16.8 Å². The Labute approximate surface area is 149 Å². The molecule has 4 rings (SSSR count). The minimum atomic E-state index is -1.26. The number of H-pyrrole nitrogens is 1. The van der Waals surface area contributed by atoms with E-state index >= 15 is 0 Å². The summed E-state index contributed by atoms with van der Waals surface area (Å²) in [6, 6.07) is 7.82. The highest BCUT2D eigenvalue weighted by atomic mass is 32.2. The zero-order valence-corrected chi connectivity index (χ0v) is 15.2. The summed E-state index contributed by atoms with van der Waals surface area (Å²) >= 11 is 0. The number of nitrogens with zero attached hydrogens (tertiary/aromatic N) is 2. The maximum Gasteiger partial charge on any atom is 0.197 e. The van der Waals surface area contributed by atoms with Crippen molar-refractivity contribution in [2.24, 2.45) is 5.92 Å². The number of aryl methyl sites for hydroxylation is 2. The molecule has 1 saturated carbocycles. The first-order chi connectivity index (χ1) is 12.1. The fourth-order valence-electron chi connectivity index (χ4n) is 2.75. The topological polar surface area (TPSA) is 67.9 Å². The molecule has 1 atom stereocenters. The third-order valence-electron chi connectivity index (χ3n) is 4.42. The molecule has 0 aliphatic heterocycles. The van der Waals surface area contributed by atoms with Gasteiger partial charge in [-0.3, -0.25) is 9.19 Å². The van der Waals surface area contributed by atoms with Gasteiger partial charge in [-0.25, -0.2) is 4.98 Å². The van der Waals surface area contributed by atoms with Crippen LogP contribution in [0.1, 0.15) is 29.7 Å². The normalized spacial score (nSPS) is 15.4. The molecule has 0 radical (unpaired) electrons. The highest BCUT2D eigenvalue weighted by Gasteiger charge is 2.22. The monoisotopic (exact) mass is 355 g/mol. The Morgan fingerprint density at radius 1 is 1.28 bits per heavy atom. The lowest BCUT2D eigenvalue weighted by molar-refractivity contribution is 0.300. The van der Waals surface area contributed by atoms with Crippen LogP contribution in [0, 0.1) is 19.8 Å². The van der Waals surface area contributed by atoms with Crippen LogP contribution in [-0.4, -0.2) is 25.8 Å². The van der Waals surface area contributed by atoms with E-state index in [1.54, 1.807) is 0 Å². The molecule has 1 aliphatic rings. The molecule has 1 N–H and O–H groups in total. The summed E-state index contributed by atoms with van der Waals surface area (Å²) in [5.74, 6) is 1.90. The van der Waals surface area contributed by atoms with Gasteiger partial charge in [0.05, 0.1) is 39.9 Å². The van der Waals surface area contributed by atoms with Crippen LogP contribution in [0.5, 0.6) is 5.75 Å². The maximum absolute atomic E-state index is 12.7. The number of ether oxygens (including phenoxy) is 1. The average molecular weight is 355 g/mol. The second-order valence-electron chi connectivity index (χ2n) is 6.74. The number of nitrogens with one attached hydrogen (secondary N) is 1. The molecule has 0 amide bonds. The van der Waals surface area contributed by atoms with Crippen molar-refractivity contribution in [3.8, 4) is 5.75 Å². The maximum atomic E-state index is 12.7. The number of imidazole rings is 1. The first-order valence-corrected chi connectivity index (χ1v) is 9.83. The van der Waals surface area contributed by atoms with Crippen molar-refractivity contribution in [1.29, 1.82) is 0 Å². The number of aromatic amines is 1. The number of fused-ring (bicyclic) bond motifs is 1. The zero-order valence-electron chi connectivity index (χ0n) is 14.4. The minimum Gasteiger partial charge on any atom is -0.493 e. The Balaban J connectivity index is 1.52. The lowest BCUT2D eigenvalue weighted by Gasteiger charge is -2.04. The Morgan fingerprint density at radius 2 is 2.12 bits per heavy atom. The van der Waals surface area contributed by atoms with Crippen LogP contribution < -0.4 is 4.74 Å². The van der Waals surface area contributed by atoms with Gasteiger partial charge >= 0.3 is 0 Å². The number of rotatable bonds is 6. The van der Waals surface area contributed by atoms with E-state index in [-0.39, 0.29) is 0 Å². The van der Waals surface area contributed by atoms with Crippen LogP contribution in [0.4, 0.5) is 0 Å². The largest absolute Gasteiger partial charge is 0.493 e. The zero-order chi connectivity index (χ0) is 17.4. The molecule has 2 heterocycles. The van der Waals surface area contributed by atoms with Crippen molar-refractivity contribution in [3.05, 3.63) is 47.3 Å². The van der Waals surface area contributed by atoms with E-state index in [1.165, 1.54) is 12.8 Å². The van der Waals surface area contributed by atoms with Gasteiger partial charge < -0.3 is 9.72 Å². The number of benzene rings is 1. The summed E-state index contributed by atoms with van der Waals surface area (Å²) in [4.78, 5) is 12.0. The lowest BCUT2D eigenvalue weighted by atomic mass is 10.2. The Hall–Kier alpha value is -2.21. The first-order valence-electron chi connectivity index (χ1n) is 8.51. The van der Waals surface area contributed by atoms with Gasteiger partial charge in [0.15, 0.2) is 5.16 Å². The summed E-state index contributed by atoms with van der Waals surface area (Å²) in [7, 11) is -1.26. The van der Waals surface area contributed by atoms with Crippen LogP contribution >= 0.6 is 0 Å². The number of hydrogen-bond acceptors (Lipinski definition) is 4. The van der Waals surface area contributed by atoms with Crippen molar-refractivity contribution < 1.29 is 8.95 Å². The molecule has 130 valence electrons. The van der Waals surface area contributed by atoms with Gasteiger partial charge in [-0.1, -0.05) is 6.07 Å².